The molecule has 2 heterocycles. The quantitative estimate of drug-likeness (QED) is 0.451. The van der Waals surface area contributed by atoms with E-state index in [2.05, 4.69) is 4.90 Å². The molecule has 1 aliphatic rings. The van der Waals surface area contributed by atoms with Gasteiger partial charge in [-0.3, -0.25) is 0 Å². The lowest BCUT2D eigenvalue weighted by Crippen LogP contribution is -2.48. The minimum Gasteiger partial charge on any atom is -0.497 e. The number of ether oxygens (including phenoxy) is 2. The van der Waals surface area contributed by atoms with Crippen molar-refractivity contribution in [1.29, 1.82) is 0 Å². The van der Waals surface area contributed by atoms with Gasteiger partial charge in [0.1, 0.15) is 16.4 Å². The molecule has 0 amide bonds. The Balaban J connectivity index is 1.51. The summed E-state index contributed by atoms with van der Waals surface area (Å²) in [4.78, 5) is 6.94. The maximum absolute atomic E-state index is 13.2. The van der Waals surface area contributed by atoms with Gasteiger partial charge in [0.15, 0.2) is 5.13 Å². The molecule has 33 heavy (non-hydrogen) atoms. The summed E-state index contributed by atoms with van der Waals surface area (Å²) in [5, 5.41) is 3.36. The van der Waals surface area contributed by atoms with Crippen molar-refractivity contribution < 1.29 is 17.9 Å². The van der Waals surface area contributed by atoms with Crippen LogP contribution in [-0.2, 0) is 10.0 Å². The molecule has 1 aliphatic heterocycles. The zero-order valence-corrected chi connectivity index (χ0v) is 21.5. The zero-order valence-electron chi connectivity index (χ0n) is 18.3. The van der Waals surface area contributed by atoms with Crippen LogP contribution in [0.25, 0.3) is 11.3 Å². The lowest BCUT2D eigenvalue weighted by Gasteiger charge is -2.34. The summed E-state index contributed by atoms with van der Waals surface area (Å²) in [5.41, 5.74) is 2.29. The molecule has 4 rings (SSSR count). The summed E-state index contributed by atoms with van der Waals surface area (Å²) in [5.74, 6) is 1.42. The monoisotopic (exact) mass is 527 g/mol. The number of piperazine rings is 1. The maximum Gasteiger partial charge on any atom is 0.244 e. The molecule has 1 aromatic heterocycles. The molecule has 0 N–H and O–H groups in total. The van der Waals surface area contributed by atoms with Gasteiger partial charge in [-0.25, -0.2) is 13.4 Å². The second kappa shape index (κ2) is 9.68. The number of nitrogens with zero attached hydrogens (tertiary/aromatic N) is 3. The average Bonchev–Trinajstić information content (AvgIpc) is 3.31. The molecule has 0 bridgehead atoms. The Morgan fingerprint density at radius 1 is 1.00 bits per heavy atom. The van der Waals surface area contributed by atoms with Crippen molar-refractivity contribution in [3.05, 3.63) is 51.3 Å². The minimum absolute atomic E-state index is 0.0844. The van der Waals surface area contributed by atoms with Crippen LogP contribution in [0, 0.1) is 6.92 Å². The number of aryl methyl sites for hydroxylation is 1. The number of anilines is 1. The lowest BCUT2D eigenvalue weighted by atomic mass is 10.1. The van der Waals surface area contributed by atoms with E-state index in [0.717, 1.165) is 22.1 Å². The number of hydrogen-bond acceptors (Lipinski definition) is 7. The maximum atomic E-state index is 13.2. The van der Waals surface area contributed by atoms with Crippen molar-refractivity contribution in [2.75, 3.05) is 45.3 Å². The van der Waals surface area contributed by atoms with Crippen molar-refractivity contribution in [2.24, 2.45) is 0 Å². The van der Waals surface area contributed by atoms with Crippen LogP contribution < -0.4 is 14.4 Å². The number of rotatable bonds is 6. The number of methoxy groups -OCH3 is 2. The molecule has 0 aliphatic carbocycles. The van der Waals surface area contributed by atoms with E-state index in [1.54, 1.807) is 21.1 Å². The lowest BCUT2D eigenvalue weighted by molar-refractivity contribution is 0.384. The number of benzene rings is 2. The first-order valence-corrected chi connectivity index (χ1v) is 13.2. The highest BCUT2D eigenvalue weighted by atomic mass is 35.5. The van der Waals surface area contributed by atoms with Gasteiger partial charge in [-0.15, -0.1) is 11.3 Å². The largest absolute Gasteiger partial charge is 0.497 e. The molecule has 3 aromatic rings. The molecule has 0 saturated carbocycles. The van der Waals surface area contributed by atoms with Gasteiger partial charge < -0.3 is 14.4 Å². The van der Waals surface area contributed by atoms with Crippen molar-refractivity contribution in [1.82, 2.24) is 9.29 Å². The zero-order chi connectivity index (χ0) is 23.8. The fourth-order valence-corrected chi connectivity index (χ4v) is 6.74. The molecule has 11 heteroatoms. The second-order valence-electron chi connectivity index (χ2n) is 7.50. The van der Waals surface area contributed by atoms with Gasteiger partial charge in [0.2, 0.25) is 10.0 Å². The molecular formula is C22H23Cl2N3O4S2. The average molecular weight is 528 g/mol. The smallest absolute Gasteiger partial charge is 0.244 e. The molecular weight excluding hydrogens is 505 g/mol. The van der Waals surface area contributed by atoms with Gasteiger partial charge in [-0.2, -0.15) is 4.31 Å². The summed E-state index contributed by atoms with van der Waals surface area (Å²) < 4.78 is 38.6. The van der Waals surface area contributed by atoms with Crippen LogP contribution in [0.15, 0.2) is 40.6 Å². The first-order valence-electron chi connectivity index (χ1n) is 10.1. The van der Waals surface area contributed by atoms with Crippen LogP contribution in [0.3, 0.4) is 0 Å². The second-order valence-corrected chi connectivity index (χ2v) is 11.1. The molecule has 0 radical (unpaired) electrons. The van der Waals surface area contributed by atoms with E-state index in [0.29, 0.717) is 42.5 Å². The molecule has 2 aromatic carbocycles. The Bertz CT molecular complexity index is 1270. The fourth-order valence-electron chi connectivity index (χ4n) is 3.63. The summed E-state index contributed by atoms with van der Waals surface area (Å²) in [6.07, 6.45) is 0. The van der Waals surface area contributed by atoms with E-state index >= 15 is 0 Å². The standard InChI is InChI=1S/C22H23Cl2N3O4S2/c1-14-10-21(18(24)12-17(14)23)33(28,29)27-8-6-26(7-9-27)22-25-19(13-32-22)16-11-15(30-2)4-5-20(16)31-3/h4-5,10-13H,6-9H2,1-3H3. The highest BCUT2D eigenvalue weighted by Crippen LogP contribution is 2.36. The number of thiazole rings is 1. The fraction of sp³-hybridized carbons (Fsp3) is 0.318. The first kappa shape index (κ1) is 24.1. The van der Waals surface area contributed by atoms with Crippen molar-refractivity contribution >= 4 is 49.7 Å². The van der Waals surface area contributed by atoms with E-state index in [1.807, 2.05) is 23.6 Å². The van der Waals surface area contributed by atoms with Gasteiger partial charge in [0, 0.05) is 42.1 Å². The minimum atomic E-state index is -3.72. The Hall–Kier alpha value is -2.04. The Morgan fingerprint density at radius 2 is 1.73 bits per heavy atom. The van der Waals surface area contributed by atoms with Crippen molar-refractivity contribution in [2.45, 2.75) is 11.8 Å². The molecule has 176 valence electrons. The van der Waals surface area contributed by atoms with E-state index in [-0.39, 0.29) is 9.92 Å². The topological polar surface area (TPSA) is 72.0 Å². The molecule has 1 fully saturated rings. The van der Waals surface area contributed by atoms with Crippen LogP contribution in [-0.4, -0.2) is 58.1 Å². The van der Waals surface area contributed by atoms with E-state index in [4.69, 9.17) is 37.7 Å². The third-order valence-corrected chi connectivity index (χ3v) is 9.19. The van der Waals surface area contributed by atoms with Crippen LogP contribution in [0.2, 0.25) is 10.0 Å². The number of hydrogen-bond donors (Lipinski definition) is 0. The van der Waals surface area contributed by atoms with E-state index in [1.165, 1.54) is 27.8 Å². The summed E-state index contributed by atoms with van der Waals surface area (Å²) >= 11 is 13.8. The summed E-state index contributed by atoms with van der Waals surface area (Å²) in [6.45, 7) is 3.46. The van der Waals surface area contributed by atoms with Gasteiger partial charge >= 0.3 is 0 Å². The summed E-state index contributed by atoms with van der Waals surface area (Å²) in [6, 6.07) is 8.58. The third-order valence-electron chi connectivity index (χ3n) is 5.51. The summed E-state index contributed by atoms with van der Waals surface area (Å²) in [7, 11) is -0.490. The Morgan fingerprint density at radius 3 is 2.39 bits per heavy atom. The number of aromatic nitrogens is 1. The number of sulfonamides is 1. The highest BCUT2D eigenvalue weighted by molar-refractivity contribution is 7.89. The van der Waals surface area contributed by atoms with Crippen LogP contribution in [0.4, 0.5) is 5.13 Å². The number of halogens is 2. The van der Waals surface area contributed by atoms with Crippen LogP contribution in [0.1, 0.15) is 5.56 Å². The van der Waals surface area contributed by atoms with Crippen LogP contribution >= 0.6 is 34.5 Å². The predicted molar refractivity (Wildman–Crippen MR) is 133 cm³/mol. The van der Waals surface area contributed by atoms with Crippen LogP contribution in [0.5, 0.6) is 11.5 Å². The third kappa shape index (κ3) is 4.79. The van der Waals surface area contributed by atoms with Gasteiger partial charge in [-0.1, -0.05) is 23.2 Å². The van der Waals surface area contributed by atoms with Gasteiger partial charge in [0.25, 0.3) is 0 Å². The normalized spacial score (nSPS) is 15.0. The van der Waals surface area contributed by atoms with Gasteiger partial charge in [-0.05, 0) is 42.8 Å². The molecule has 0 unspecified atom stereocenters. The molecule has 0 spiro atoms. The molecule has 1 saturated heterocycles. The molecule has 0 atom stereocenters. The molecule has 7 nitrogen and oxygen atoms in total. The van der Waals surface area contributed by atoms with E-state index in [9.17, 15) is 8.42 Å². The van der Waals surface area contributed by atoms with Crippen molar-refractivity contribution in [3.8, 4) is 22.8 Å². The van der Waals surface area contributed by atoms with Gasteiger partial charge in [0.05, 0.1) is 24.9 Å². The highest BCUT2D eigenvalue weighted by Gasteiger charge is 2.31. The van der Waals surface area contributed by atoms with E-state index < -0.39 is 10.0 Å². The predicted octanol–water partition coefficient (Wildman–Crippen LogP) is 4.95. The first-order chi connectivity index (χ1) is 15.7. The Labute approximate surface area is 207 Å². The Kier molecular flexibility index (Phi) is 7.07. The SMILES string of the molecule is COc1ccc(OC)c(-c2csc(N3CCN(S(=O)(=O)c4cc(C)c(Cl)cc4Cl)CC3)n2)c1. The van der Waals surface area contributed by atoms with Crippen molar-refractivity contribution in [3.63, 3.8) is 0 Å².